The third-order valence-electron chi connectivity index (χ3n) is 4.65. The largest absolute Gasteiger partial charge is 0.334 e. The third kappa shape index (κ3) is 3.86. The van der Waals surface area contributed by atoms with E-state index in [9.17, 15) is 14.4 Å². The van der Waals surface area contributed by atoms with E-state index in [1.54, 1.807) is 35.2 Å². The second kappa shape index (κ2) is 7.85. The van der Waals surface area contributed by atoms with E-state index in [0.29, 0.717) is 23.7 Å². The maximum Gasteiger partial charge on any atom is 0.254 e. The van der Waals surface area contributed by atoms with Gasteiger partial charge in [0.1, 0.15) is 0 Å². The lowest BCUT2D eigenvalue weighted by molar-refractivity contribution is -0.883. The van der Waals surface area contributed by atoms with Gasteiger partial charge in [-0.3, -0.25) is 19.0 Å². The van der Waals surface area contributed by atoms with Gasteiger partial charge in [0, 0.05) is 22.8 Å². The molecule has 1 aromatic heterocycles. The van der Waals surface area contributed by atoms with Crippen molar-refractivity contribution in [3.8, 4) is 0 Å². The number of benzene rings is 1. The lowest BCUT2D eigenvalue weighted by Crippen LogP contribution is -3.12. The number of nitrogens with one attached hydrogen (secondary N) is 1. The van der Waals surface area contributed by atoms with Crippen molar-refractivity contribution in [1.82, 2.24) is 9.47 Å². The molecule has 0 radical (unpaired) electrons. The highest BCUT2D eigenvalue weighted by Gasteiger charge is 2.35. The van der Waals surface area contributed by atoms with Crippen molar-refractivity contribution in [3.63, 3.8) is 0 Å². The minimum Gasteiger partial charge on any atom is -0.334 e. The van der Waals surface area contributed by atoms with E-state index in [0.717, 1.165) is 13.1 Å². The van der Waals surface area contributed by atoms with Crippen molar-refractivity contribution in [3.05, 3.63) is 69.6 Å². The summed E-state index contributed by atoms with van der Waals surface area (Å²) in [5.74, 6) is -0.784. The van der Waals surface area contributed by atoms with Crippen LogP contribution in [-0.2, 0) is 4.79 Å². The number of carbonyl (C=O) groups excluding carboxylic acids is 2. The number of hydrogen-bond donors (Lipinski definition) is 1. The van der Waals surface area contributed by atoms with Crippen LogP contribution in [0.2, 0.25) is 5.02 Å². The van der Waals surface area contributed by atoms with Crippen LogP contribution in [0.25, 0.3) is 0 Å². The molecular formula is C19H21ClN3O3+. The van der Waals surface area contributed by atoms with Gasteiger partial charge in [0.2, 0.25) is 0 Å². The molecule has 0 unspecified atom stereocenters. The molecule has 1 N–H and O–H groups in total. The van der Waals surface area contributed by atoms with E-state index < -0.39 is 11.8 Å². The van der Waals surface area contributed by atoms with E-state index in [1.165, 1.54) is 27.8 Å². The van der Waals surface area contributed by atoms with Gasteiger partial charge in [0.15, 0.2) is 11.8 Å². The third-order valence-corrected chi connectivity index (χ3v) is 4.88. The van der Waals surface area contributed by atoms with E-state index in [-0.39, 0.29) is 11.5 Å². The van der Waals surface area contributed by atoms with E-state index in [2.05, 4.69) is 7.05 Å². The molecule has 0 spiro atoms. The van der Waals surface area contributed by atoms with Crippen LogP contribution in [0.1, 0.15) is 16.4 Å². The predicted octanol–water partition coefficient (Wildman–Crippen LogP) is 0.283. The van der Waals surface area contributed by atoms with Gasteiger partial charge in [0.25, 0.3) is 11.5 Å². The second-order valence-corrected chi connectivity index (χ2v) is 6.94. The van der Waals surface area contributed by atoms with Crippen LogP contribution in [0.4, 0.5) is 0 Å². The molecule has 0 aliphatic carbocycles. The normalized spacial score (nSPS) is 16.3. The average Bonchev–Trinajstić information content (AvgIpc) is 2.64. The molecule has 1 fully saturated rings. The minimum atomic E-state index is -1.22. The minimum absolute atomic E-state index is 0.311. The van der Waals surface area contributed by atoms with Crippen LogP contribution >= 0.6 is 11.6 Å². The standard InChI is InChI=1S/C19H20ClN3O3/c1-21-9-11-22(12-10-21)19(26)17(23-8-3-2-7-16(23)24)18(25)14-5-4-6-15(20)13-14/h2-8,13,17H,9-12H2,1H3/p+1/t17-/m0/s1. The number of amides is 1. The number of rotatable bonds is 4. The average molecular weight is 375 g/mol. The highest BCUT2D eigenvalue weighted by Crippen LogP contribution is 2.19. The molecule has 136 valence electrons. The van der Waals surface area contributed by atoms with Crippen LogP contribution in [0.3, 0.4) is 0 Å². The summed E-state index contributed by atoms with van der Waals surface area (Å²) in [7, 11) is 2.07. The van der Waals surface area contributed by atoms with Crippen LogP contribution in [0.15, 0.2) is 53.5 Å². The molecule has 2 aromatic rings. The molecular weight excluding hydrogens is 354 g/mol. The van der Waals surface area contributed by atoms with Gasteiger partial charge in [-0.15, -0.1) is 0 Å². The van der Waals surface area contributed by atoms with Crippen LogP contribution in [-0.4, -0.2) is 54.4 Å². The Morgan fingerprint density at radius 2 is 1.85 bits per heavy atom. The van der Waals surface area contributed by atoms with E-state index >= 15 is 0 Å². The first-order valence-electron chi connectivity index (χ1n) is 8.54. The summed E-state index contributed by atoms with van der Waals surface area (Å²) in [6.45, 7) is 2.75. The number of ketones is 1. The quantitative estimate of drug-likeness (QED) is 0.617. The van der Waals surface area contributed by atoms with Gasteiger partial charge in [0.05, 0.1) is 33.2 Å². The number of carbonyl (C=O) groups is 2. The summed E-state index contributed by atoms with van der Waals surface area (Å²) in [6.07, 6.45) is 1.48. The summed E-state index contributed by atoms with van der Waals surface area (Å²) in [6, 6.07) is 9.80. The molecule has 2 heterocycles. The molecule has 1 aliphatic rings. The maximum atomic E-state index is 13.2. The van der Waals surface area contributed by atoms with Gasteiger partial charge >= 0.3 is 0 Å². The van der Waals surface area contributed by atoms with Crippen molar-refractivity contribution in [1.29, 1.82) is 0 Å². The number of quaternary nitrogens is 1. The SMILES string of the molecule is C[NH+]1CCN(C(=O)[C@H](C(=O)c2cccc(Cl)c2)n2ccccc2=O)CC1. The molecule has 7 heteroatoms. The second-order valence-electron chi connectivity index (χ2n) is 6.51. The molecule has 1 saturated heterocycles. The number of aromatic nitrogens is 1. The summed E-state index contributed by atoms with van der Waals surface area (Å²) >= 11 is 6.00. The van der Waals surface area contributed by atoms with Gasteiger partial charge in [-0.2, -0.15) is 0 Å². The Labute approximate surface area is 156 Å². The maximum absolute atomic E-state index is 13.2. The van der Waals surface area contributed by atoms with E-state index in [4.69, 9.17) is 11.6 Å². The first-order valence-corrected chi connectivity index (χ1v) is 8.92. The van der Waals surface area contributed by atoms with Gasteiger partial charge < -0.3 is 9.80 Å². The lowest BCUT2D eigenvalue weighted by Gasteiger charge is -2.32. The zero-order valence-corrected chi connectivity index (χ0v) is 15.3. The van der Waals surface area contributed by atoms with Crippen LogP contribution in [0, 0.1) is 0 Å². The molecule has 6 nitrogen and oxygen atoms in total. The number of piperazine rings is 1. The van der Waals surface area contributed by atoms with Gasteiger partial charge in [-0.25, -0.2) is 0 Å². The summed E-state index contributed by atoms with van der Waals surface area (Å²) < 4.78 is 1.21. The zero-order valence-electron chi connectivity index (χ0n) is 14.5. The summed E-state index contributed by atoms with van der Waals surface area (Å²) in [5.41, 5.74) is -0.0765. The number of pyridine rings is 1. The Balaban J connectivity index is 1.99. The Morgan fingerprint density at radius 3 is 2.50 bits per heavy atom. The summed E-state index contributed by atoms with van der Waals surface area (Å²) in [5, 5.41) is 0.408. The number of hydrogen-bond acceptors (Lipinski definition) is 3. The molecule has 3 rings (SSSR count). The van der Waals surface area contributed by atoms with Crippen molar-refractivity contribution < 1.29 is 14.5 Å². The Hall–Kier alpha value is -2.44. The van der Waals surface area contributed by atoms with Crippen LogP contribution in [0.5, 0.6) is 0 Å². The monoisotopic (exact) mass is 374 g/mol. The summed E-state index contributed by atoms with van der Waals surface area (Å²) in [4.78, 5) is 41.6. The fourth-order valence-corrected chi connectivity index (χ4v) is 3.28. The zero-order chi connectivity index (χ0) is 18.7. The van der Waals surface area contributed by atoms with Gasteiger partial charge in [-0.05, 0) is 18.2 Å². The number of nitrogens with zero attached hydrogens (tertiary/aromatic N) is 2. The van der Waals surface area contributed by atoms with Gasteiger partial charge in [-0.1, -0.05) is 29.8 Å². The molecule has 26 heavy (non-hydrogen) atoms. The highest BCUT2D eigenvalue weighted by molar-refractivity contribution is 6.31. The highest BCUT2D eigenvalue weighted by atomic mass is 35.5. The Bertz CT molecular complexity index is 872. The predicted molar refractivity (Wildman–Crippen MR) is 98.7 cm³/mol. The fraction of sp³-hybridized carbons (Fsp3) is 0.316. The fourth-order valence-electron chi connectivity index (χ4n) is 3.09. The number of likely N-dealkylation sites (N-methyl/N-ethyl adjacent to an activating group) is 1. The number of Topliss-reactive ketones (excluding diaryl/α,β-unsaturated/α-hetero) is 1. The van der Waals surface area contributed by atoms with Crippen molar-refractivity contribution in [2.45, 2.75) is 6.04 Å². The first-order chi connectivity index (χ1) is 12.5. The smallest absolute Gasteiger partial charge is 0.254 e. The van der Waals surface area contributed by atoms with Crippen molar-refractivity contribution in [2.24, 2.45) is 0 Å². The lowest BCUT2D eigenvalue weighted by atomic mass is 10.0. The molecule has 1 atom stereocenters. The van der Waals surface area contributed by atoms with Crippen molar-refractivity contribution in [2.75, 3.05) is 33.2 Å². The van der Waals surface area contributed by atoms with E-state index in [1.807, 2.05) is 0 Å². The Morgan fingerprint density at radius 1 is 1.12 bits per heavy atom. The molecule has 1 aliphatic heterocycles. The van der Waals surface area contributed by atoms with Crippen molar-refractivity contribution >= 4 is 23.3 Å². The Kier molecular flexibility index (Phi) is 5.54. The number of halogens is 1. The van der Waals surface area contributed by atoms with Crippen LogP contribution < -0.4 is 10.5 Å². The molecule has 1 aromatic carbocycles. The first kappa shape index (κ1) is 18.4. The topological polar surface area (TPSA) is 63.8 Å². The molecule has 1 amide bonds. The molecule has 0 bridgehead atoms. The molecule has 0 saturated carbocycles.